The summed E-state index contributed by atoms with van der Waals surface area (Å²) in [6.07, 6.45) is 1.35. The normalized spacial score (nSPS) is 21.3. The highest BCUT2D eigenvalue weighted by Crippen LogP contribution is 2.30. The number of nitrogens with zero attached hydrogens (tertiary/aromatic N) is 1. The van der Waals surface area contributed by atoms with Crippen molar-refractivity contribution in [2.45, 2.75) is 40.2 Å². The van der Waals surface area contributed by atoms with Crippen molar-refractivity contribution in [2.24, 2.45) is 17.8 Å². The first kappa shape index (κ1) is 16.5. The zero-order valence-corrected chi connectivity index (χ0v) is 14.2. The fourth-order valence-electron chi connectivity index (χ4n) is 3.28. The molecule has 0 aromatic heterocycles. The van der Waals surface area contributed by atoms with E-state index in [4.69, 9.17) is 0 Å². The topological polar surface area (TPSA) is 15.3 Å². The number of benzene rings is 1. The molecule has 1 aromatic carbocycles. The van der Waals surface area contributed by atoms with Crippen LogP contribution in [0.1, 0.15) is 45.7 Å². The maximum Gasteiger partial charge on any atom is 0.0472 e. The number of nitrogens with one attached hydrogen (secondary N) is 1. The Kier molecular flexibility index (Phi) is 6.25. The van der Waals surface area contributed by atoms with Crippen molar-refractivity contribution in [3.63, 3.8) is 0 Å². The van der Waals surface area contributed by atoms with Gasteiger partial charge in [0.05, 0.1) is 0 Å². The van der Waals surface area contributed by atoms with Crippen molar-refractivity contribution in [2.75, 3.05) is 26.2 Å². The molecule has 1 aliphatic heterocycles. The summed E-state index contributed by atoms with van der Waals surface area (Å²) in [5.74, 6) is 2.37. The Balaban J connectivity index is 2.02. The fourth-order valence-corrected chi connectivity index (χ4v) is 3.28. The number of rotatable bonds is 7. The molecule has 2 nitrogen and oxygen atoms in total. The van der Waals surface area contributed by atoms with Gasteiger partial charge in [0, 0.05) is 19.1 Å². The first-order valence-corrected chi connectivity index (χ1v) is 8.57. The molecular weight excluding hydrogens is 256 g/mol. The molecule has 0 saturated carbocycles. The third-order valence-corrected chi connectivity index (χ3v) is 4.71. The highest BCUT2D eigenvalue weighted by Gasteiger charge is 2.30. The lowest BCUT2D eigenvalue weighted by molar-refractivity contribution is 0.220. The van der Waals surface area contributed by atoms with E-state index in [1.54, 1.807) is 0 Å². The van der Waals surface area contributed by atoms with Gasteiger partial charge < -0.3 is 5.32 Å². The summed E-state index contributed by atoms with van der Waals surface area (Å²) in [7, 11) is 0. The molecule has 0 spiro atoms. The molecule has 2 atom stereocenters. The lowest BCUT2D eigenvalue weighted by Gasteiger charge is -2.29. The zero-order chi connectivity index (χ0) is 15.2. The van der Waals surface area contributed by atoms with Gasteiger partial charge in [-0.15, -0.1) is 0 Å². The van der Waals surface area contributed by atoms with Crippen molar-refractivity contribution in [1.82, 2.24) is 10.2 Å². The van der Waals surface area contributed by atoms with Crippen LogP contribution < -0.4 is 5.32 Å². The predicted octanol–water partition coefficient (Wildman–Crippen LogP) is 3.95. The van der Waals surface area contributed by atoms with Crippen LogP contribution in [0.4, 0.5) is 0 Å². The average molecular weight is 288 g/mol. The van der Waals surface area contributed by atoms with E-state index in [2.05, 4.69) is 68.2 Å². The number of hydrogen-bond acceptors (Lipinski definition) is 2. The van der Waals surface area contributed by atoms with E-state index in [-0.39, 0.29) is 0 Å². The van der Waals surface area contributed by atoms with Crippen molar-refractivity contribution < 1.29 is 0 Å². The van der Waals surface area contributed by atoms with Crippen LogP contribution in [-0.2, 0) is 0 Å². The van der Waals surface area contributed by atoms with Crippen LogP contribution in [-0.4, -0.2) is 31.1 Å². The fraction of sp³-hybridized carbons (Fsp3) is 0.684. The summed E-state index contributed by atoms with van der Waals surface area (Å²) < 4.78 is 0. The molecule has 0 amide bonds. The van der Waals surface area contributed by atoms with Crippen LogP contribution >= 0.6 is 0 Å². The van der Waals surface area contributed by atoms with Gasteiger partial charge in [0.1, 0.15) is 0 Å². The van der Waals surface area contributed by atoms with Gasteiger partial charge in [-0.3, -0.25) is 4.90 Å². The largest absolute Gasteiger partial charge is 0.315 e. The summed E-state index contributed by atoms with van der Waals surface area (Å²) in [5, 5.41) is 3.66. The molecule has 2 heteroatoms. The molecule has 1 aliphatic rings. The average Bonchev–Trinajstić information content (AvgIpc) is 2.94. The molecule has 118 valence electrons. The Morgan fingerprint density at radius 3 is 2.38 bits per heavy atom. The lowest BCUT2D eigenvalue weighted by atomic mass is 9.95. The third-order valence-electron chi connectivity index (χ3n) is 4.71. The molecule has 0 radical (unpaired) electrons. The van der Waals surface area contributed by atoms with Gasteiger partial charge in [0.15, 0.2) is 0 Å². The molecule has 1 N–H and O–H groups in total. The van der Waals surface area contributed by atoms with E-state index >= 15 is 0 Å². The molecular formula is C19H32N2. The molecule has 21 heavy (non-hydrogen) atoms. The SMILES string of the molecule is CC(C)CNCC(c1ccccc1)N1CCC(C(C)C)C1. The summed E-state index contributed by atoms with van der Waals surface area (Å²) in [6, 6.07) is 11.5. The summed E-state index contributed by atoms with van der Waals surface area (Å²) in [4.78, 5) is 2.69. The van der Waals surface area contributed by atoms with Crippen LogP contribution in [0, 0.1) is 17.8 Å². The number of hydrogen-bond donors (Lipinski definition) is 1. The smallest absolute Gasteiger partial charge is 0.0472 e. The standard InChI is InChI=1S/C19H32N2/c1-15(2)12-20-13-19(17-8-6-5-7-9-17)21-11-10-18(14-21)16(3)4/h5-9,15-16,18-20H,10-14H2,1-4H3. The maximum absolute atomic E-state index is 3.66. The minimum absolute atomic E-state index is 0.522. The van der Waals surface area contributed by atoms with Crippen LogP contribution in [0.25, 0.3) is 0 Å². The maximum atomic E-state index is 3.66. The highest BCUT2D eigenvalue weighted by molar-refractivity contribution is 5.20. The van der Waals surface area contributed by atoms with Gasteiger partial charge in [0.25, 0.3) is 0 Å². The zero-order valence-electron chi connectivity index (χ0n) is 14.2. The Morgan fingerprint density at radius 1 is 1.10 bits per heavy atom. The molecule has 1 heterocycles. The molecule has 0 bridgehead atoms. The van der Waals surface area contributed by atoms with Crippen LogP contribution in [0.15, 0.2) is 30.3 Å². The second-order valence-electron chi connectivity index (χ2n) is 7.27. The van der Waals surface area contributed by atoms with Gasteiger partial charge in [-0.1, -0.05) is 58.0 Å². The summed E-state index contributed by atoms with van der Waals surface area (Å²) in [6.45, 7) is 13.9. The van der Waals surface area contributed by atoms with E-state index in [9.17, 15) is 0 Å². The highest BCUT2D eigenvalue weighted by atomic mass is 15.2. The summed E-state index contributed by atoms with van der Waals surface area (Å²) >= 11 is 0. The molecule has 1 aromatic rings. The van der Waals surface area contributed by atoms with Gasteiger partial charge in [-0.25, -0.2) is 0 Å². The van der Waals surface area contributed by atoms with Gasteiger partial charge in [0.2, 0.25) is 0 Å². The van der Waals surface area contributed by atoms with Crippen molar-refractivity contribution in [1.29, 1.82) is 0 Å². The van der Waals surface area contributed by atoms with Crippen molar-refractivity contribution in [3.05, 3.63) is 35.9 Å². The molecule has 1 fully saturated rings. The second kappa shape index (κ2) is 7.95. The minimum Gasteiger partial charge on any atom is -0.315 e. The van der Waals surface area contributed by atoms with Crippen molar-refractivity contribution >= 4 is 0 Å². The molecule has 2 rings (SSSR count). The third kappa shape index (κ3) is 4.82. The Morgan fingerprint density at radius 2 is 1.81 bits per heavy atom. The van der Waals surface area contributed by atoms with Crippen LogP contribution in [0.5, 0.6) is 0 Å². The predicted molar refractivity (Wildman–Crippen MR) is 91.4 cm³/mol. The van der Waals surface area contributed by atoms with E-state index in [1.807, 2.05) is 0 Å². The summed E-state index contributed by atoms with van der Waals surface area (Å²) in [5.41, 5.74) is 1.46. The van der Waals surface area contributed by atoms with Crippen LogP contribution in [0.2, 0.25) is 0 Å². The van der Waals surface area contributed by atoms with Crippen LogP contribution in [0.3, 0.4) is 0 Å². The lowest BCUT2D eigenvalue weighted by Crippen LogP contribution is -2.36. The van der Waals surface area contributed by atoms with Gasteiger partial charge in [-0.2, -0.15) is 0 Å². The Labute approximate surface area is 130 Å². The van der Waals surface area contributed by atoms with E-state index < -0.39 is 0 Å². The van der Waals surface area contributed by atoms with E-state index in [0.717, 1.165) is 24.9 Å². The monoisotopic (exact) mass is 288 g/mol. The van der Waals surface area contributed by atoms with Crippen molar-refractivity contribution in [3.8, 4) is 0 Å². The number of likely N-dealkylation sites (tertiary alicyclic amines) is 1. The molecule has 1 saturated heterocycles. The first-order valence-electron chi connectivity index (χ1n) is 8.57. The van der Waals surface area contributed by atoms with Gasteiger partial charge >= 0.3 is 0 Å². The Hall–Kier alpha value is -0.860. The molecule has 0 aliphatic carbocycles. The second-order valence-corrected chi connectivity index (χ2v) is 7.27. The van der Waals surface area contributed by atoms with E-state index in [1.165, 1.54) is 25.1 Å². The first-order chi connectivity index (χ1) is 10.1. The minimum atomic E-state index is 0.522. The molecule has 2 unspecified atom stereocenters. The van der Waals surface area contributed by atoms with Gasteiger partial charge in [-0.05, 0) is 42.8 Å². The van der Waals surface area contributed by atoms with E-state index in [0.29, 0.717) is 12.0 Å². The Bertz CT molecular complexity index is 399. The quantitative estimate of drug-likeness (QED) is 0.817.